The van der Waals surface area contributed by atoms with Gasteiger partial charge in [0.05, 0.1) is 12.6 Å². The number of benzene rings is 1. The number of para-hydroxylation sites is 1. The smallest absolute Gasteiger partial charge is 0.303 e. The van der Waals surface area contributed by atoms with E-state index in [0.29, 0.717) is 13.0 Å². The van der Waals surface area contributed by atoms with Crippen LogP contribution in [0.25, 0.3) is 10.9 Å². The van der Waals surface area contributed by atoms with Gasteiger partial charge in [-0.2, -0.15) is 0 Å². The number of aromatic nitrogens is 1. The Hall–Kier alpha value is -1.97. The van der Waals surface area contributed by atoms with E-state index in [4.69, 9.17) is 9.84 Å². The van der Waals surface area contributed by atoms with Crippen molar-refractivity contribution in [3.05, 3.63) is 30.5 Å². The van der Waals surface area contributed by atoms with Crippen LogP contribution in [-0.2, 0) is 11.3 Å². The van der Waals surface area contributed by atoms with Crippen LogP contribution in [-0.4, -0.2) is 22.8 Å². The fraction of sp³-hybridized carbons (Fsp3) is 0.308. The summed E-state index contributed by atoms with van der Waals surface area (Å²) in [4.78, 5) is 10.5. The molecule has 0 aliphatic heterocycles. The first-order valence-electron chi connectivity index (χ1n) is 5.56. The molecule has 90 valence electrons. The van der Waals surface area contributed by atoms with Gasteiger partial charge >= 0.3 is 5.97 Å². The summed E-state index contributed by atoms with van der Waals surface area (Å²) in [6, 6.07) is 7.89. The topological polar surface area (TPSA) is 51.5 Å². The monoisotopic (exact) mass is 233 g/mol. The maximum Gasteiger partial charge on any atom is 0.303 e. The summed E-state index contributed by atoms with van der Waals surface area (Å²) in [6.45, 7) is 0.691. The molecule has 0 amide bonds. The average Bonchev–Trinajstić information content (AvgIpc) is 2.72. The lowest BCUT2D eigenvalue weighted by atomic mass is 10.2. The normalized spacial score (nSPS) is 10.6. The van der Waals surface area contributed by atoms with Crippen molar-refractivity contribution < 1.29 is 14.6 Å². The van der Waals surface area contributed by atoms with Crippen LogP contribution in [0.1, 0.15) is 12.8 Å². The number of carbonyl (C=O) groups is 1. The van der Waals surface area contributed by atoms with Crippen molar-refractivity contribution in [1.82, 2.24) is 4.57 Å². The SMILES string of the molecule is COc1cccc2ccn(CCCC(=O)O)c12. The van der Waals surface area contributed by atoms with Crippen molar-refractivity contribution in [3.63, 3.8) is 0 Å². The Bertz CT molecular complexity index is 530. The van der Waals surface area contributed by atoms with Crippen LogP contribution in [0.2, 0.25) is 0 Å². The molecule has 0 spiro atoms. The van der Waals surface area contributed by atoms with Gasteiger partial charge in [0.25, 0.3) is 0 Å². The number of fused-ring (bicyclic) bond motifs is 1. The Kier molecular flexibility index (Phi) is 3.32. The quantitative estimate of drug-likeness (QED) is 0.863. The molecule has 1 aromatic carbocycles. The summed E-state index contributed by atoms with van der Waals surface area (Å²) in [6.07, 6.45) is 2.78. The molecular formula is C13H15NO3. The predicted octanol–water partition coefficient (Wildman–Crippen LogP) is 2.51. The molecule has 2 rings (SSSR count). The van der Waals surface area contributed by atoms with Crippen molar-refractivity contribution in [2.45, 2.75) is 19.4 Å². The van der Waals surface area contributed by atoms with Gasteiger partial charge in [-0.1, -0.05) is 12.1 Å². The minimum absolute atomic E-state index is 0.189. The Morgan fingerprint density at radius 1 is 1.41 bits per heavy atom. The molecule has 0 saturated heterocycles. The highest BCUT2D eigenvalue weighted by Crippen LogP contribution is 2.26. The molecule has 0 saturated carbocycles. The molecule has 17 heavy (non-hydrogen) atoms. The Morgan fingerprint density at radius 2 is 2.24 bits per heavy atom. The van der Waals surface area contributed by atoms with Crippen LogP contribution in [0.3, 0.4) is 0 Å². The zero-order valence-electron chi connectivity index (χ0n) is 9.72. The second-order valence-corrected chi connectivity index (χ2v) is 3.90. The third-order valence-corrected chi connectivity index (χ3v) is 2.76. The fourth-order valence-corrected chi connectivity index (χ4v) is 1.98. The molecule has 0 atom stereocenters. The summed E-state index contributed by atoms with van der Waals surface area (Å²) in [5.41, 5.74) is 1.03. The first-order valence-corrected chi connectivity index (χ1v) is 5.56. The minimum atomic E-state index is -0.756. The van der Waals surface area contributed by atoms with Gasteiger partial charge < -0.3 is 14.4 Å². The highest BCUT2D eigenvalue weighted by molar-refractivity contribution is 5.86. The lowest BCUT2D eigenvalue weighted by molar-refractivity contribution is -0.137. The van der Waals surface area contributed by atoms with E-state index in [1.807, 2.05) is 35.0 Å². The number of methoxy groups -OCH3 is 1. The Balaban J connectivity index is 2.25. The van der Waals surface area contributed by atoms with Gasteiger partial charge in [-0.05, 0) is 18.6 Å². The van der Waals surface area contributed by atoms with Crippen LogP contribution in [0, 0.1) is 0 Å². The Morgan fingerprint density at radius 3 is 2.94 bits per heavy atom. The standard InChI is InChI=1S/C13H15NO3/c1-17-11-5-2-4-10-7-9-14(13(10)11)8-3-6-12(15)16/h2,4-5,7,9H,3,6,8H2,1H3,(H,15,16). The van der Waals surface area contributed by atoms with Gasteiger partial charge in [0.1, 0.15) is 5.75 Å². The molecule has 0 bridgehead atoms. The second kappa shape index (κ2) is 4.91. The first-order chi connectivity index (χ1) is 8.22. The van der Waals surface area contributed by atoms with Gasteiger partial charge in [-0.3, -0.25) is 4.79 Å². The van der Waals surface area contributed by atoms with E-state index in [1.165, 1.54) is 0 Å². The first kappa shape index (κ1) is 11.5. The minimum Gasteiger partial charge on any atom is -0.495 e. The largest absolute Gasteiger partial charge is 0.495 e. The summed E-state index contributed by atoms with van der Waals surface area (Å²) < 4.78 is 7.36. The van der Waals surface area contributed by atoms with E-state index in [1.54, 1.807) is 7.11 Å². The zero-order chi connectivity index (χ0) is 12.3. The molecule has 1 N–H and O–H groups in total. The molecule has 0 aliphatic rings. The average molecular weight is 233 g/mol. The molecule has 0 fully saturated rings. The van der Waals surface area contributed by atoms with Crippen LogP contribution >= 0.6 is 0 Å². The maximum absolute atomic E-state index is 10.5. The molecule has 2 aromatic rings. The van der Waals surface area contributed by atoms with Crippen LogP contribution < -0.4 is 4.74 Å². The van der Waals surface area contributed by atoms with E-state index in [0.717, 1.165) is 16.7 Å². The fourth-order valence-electron chi connectivity index (χ4n) is 1.98. The van der Waals surface area contributed by atoms with E-state index >= 15 is 0 Å². The molecule has 1 aromatic heterocycles. The number of aliphatic carboxylic acids is 1. The zero-order valence-corrected chi connectivity index (χ0v) is 9.72. The number of hydrogen-bond acceptors (Lipinski definition) is 2. The Labute approximate surface area is 99.4 Å². The molecule has 0 aliphatic carbocycles. The lowest BCUT2D eigenvalue weighted by Gasteiger charge is -2.08. The maximum atomic E-state index is 10.5. The van der Waals surface area contributed by atoms with Crippen molar-refractivity contribution in [1.29, 1.82) is 0 Å². The highest BCUT2D eigenvalue weighted by atomic mass is 16.5. The molecule has 0 unspecified atom stereocenters. The molecule has 4 heteroatoms. The summed E-state index contributed by atoms with van der Waals surface area (Å²) in [5, 5.41) is 9.73. The predicted molar refractivity (Wildman–Crippen MR) is 65.4 cm³/mol. The summed E-state index contributed by atoms with van der Waals surface area (Å²) >= 11 is 0. The van der Waals surface area contributed by atoms with Gasteiger partial charge in [-0.15, -0.1) is 0 Å². The van der Waals surface area contributed by atoms with E-state index < -0.39 is 5.97 Å². The van der Waals surface area contributed by atoms with Crippen molar-refractivity contribution in [2.24, 2.45) is 0 Å². The van der Waals surface area contributed by atoms with Crippen LogP contribution in [0.15, 0.2) is 30.5 Å². The number of rotatable bonds is 5. The van der Waals surface area contributed by atoms with E-state index in [2.05, 4.69) is 0 Å². The van der Waals surface area contributed by atoms with Crippen molar-refractivity contribution in [3.8, 4) is 5.75 Å². The van der Waals surface area contributed by atoms with Gasteiger partial charge in [0, 0.05) is 24.5 Å². The van der Waals surface area contributed by atoms with E-state index in [-0.39, 0.29) is 6.42 Å². The van der Waals surface area contributed by atoms with Crippen molar-refractivity contribution >= 4 is 16.9 Å². The molecule has 0 radical (unpaired) electrons. The number of hydrogen-bond donors (Lipinski definition) is 1. The van der Waals surface area contributed by atoms with Crippen LogP contribution in [0.5, 0.6) is 5.75 Å². The third kappa shape index (κ3) is 2.41. The second-order valence-electron chi connectivity index (χ2n) is 3.90. The number of aryl methyl sites for hydroxylation is 1. The highest BCUT2D eigenvalue weighted by Gasteiger charge is 2.07. The molecule has 4 nitrogen and oxygen atoms in total. The van der Waals surface area contributed by atoms with Gasteiger partial charge in [0.2, 0.25) is 0 Å². The number of nitrogens with zero attached hydrogens (tertiary/aromatic N) is 1. The van der Waals surface area contributed by atoms with Gasteiger partial charge in [0.15, 0.2) is 0 Å². The number of carboxylic acid groups (broad SMARTS) is 1. The number of ether oxygens (including phenoxy) is 1. The third-order valence-electron chi connectivity index (χ3n) is 2.76. The van der Waals surface area contributed by atoms with E-state index in [9.17, 15) is 4.79 Å². The summed E-state index contributed by atoms with van der Waals surface area (Å²) in [7, 11) is 1.64. The molecule has 1 heterocycles. The summed E-state index contributed by atoms with van der Waals surface area (Å²) in [5.74, 6) is 0.0660. The van der Waals surface area contributed by atoms with Crippen molar-refractivity contribution in [2.75, 3.05) is 7.11 Å². The lowest BCUT2D eigenvalue weighted by Crippen LogP contribution is -2.01. The number of carboxylic acids is 1. The molecular weight excluding hydrogens is 218 g/mol. The van der Waals surface area contributed by atoms with Crippen LogP contribution in [0.4, 0.5) is 0 Å². The van der Waals surface area contributed by atoms with Gasteiger partial charge in [-0.25, -0.2) is 0 Å².